The van der Waals surface area contributed by atoms with Gasteiger partial charge in [0.1, 0.15) is 0 Å². The topological polar surface area (TPSA) is 52.7 Å². The van der Waals surface area contributed by atoms with Crippen LogP contribution in [0.1, 0.15) is 24.2 Å². The Kier molecular flexibility index (Phi) is 3.74. The van der Waals surface area contributed by atoms with Crippen molar-refractivity contribution in [3.8, 4) is 0 Å². The Labute approximate surface area is 113 Å². The first-order valence-electron chi connectivity index (χ1n) is 6.51. The third-order valence-electron chi connectivity index (χ3n) is 3.36. The lowest BCUT2D eigenvalue weighted by atomic mass is 10.1. The van der Waals surface area contributed by atoms with E-state index in [1.54, 1.807) is 13.1 Å². The molecule has 102 valence electrons. The highest BCUT2D eigenvalue weighted by Crippen LogP contribution is 2.26. The van der Waals surface area contributed by atoms with Gasteiger partial charge in [-0.15, -0.1) is 0 Å². The van der Waals surface area contributed by atoms with Crippen LogP contribution in [0, 0.1) is 0 Å². The molecular formula is C14H19N3O2. The Hall–Kier alpha value is -2.04. The normalized spacial score (nSPS) is 14.8. The van der Waals surface area contributed by atoms with Gasteiger partial charge in [0.25, 0.3) is 5.91 Å². The van der Waals surface area contributed by atoms with Crippen LogP contribution in [0.2, 0.25) is 0 Å². The minimum atomic E-state index is -0.161. The molecule has 5 heteroatoms. The fourth-order valence-electron chi connectivity index (χ4n) is 2.29. The van der Waals surface area contributed by atoms with Gasteiger partial charge in [-0.25, -0.2) is 0 Å². The molecule has 0 aromatic heterocycles. The van der Waals surface area contributed by atoms with E-state index >= 15 is 0 Å². The molecule has 0 aliphatic carbocycles. The van der Waals surface area contributed by atoms with E-state index in [4.69, 9.17) is 0 Å². The highest BCUT2D eigenvalue weighted by molar-refractivity contribution is 6.08. The van der Waals surface area contributed by atoms with E-state index in [9.17, 15) is 9.59 Å². The zero-order valence-electron chi connectivity index (χ0n) is 11.6. The van der Waals surface area contributed by atoms with Gasteiger partial charge in [0.05, 0.1) is 17.8 Å². The zero-order valence-corrected chi connectivity index (χ0v) is 11.6. The number of amides is 2. The van der Waals surface area contributed by atoms with Crippen LogP contribution in [0.15, 0.2) is 18.2 Å². The van der Waals surface area contributed by atoms with Crippen molar-refractivity contribution in [1.29, 1.82) is 0 Å². The minimum absolute atomic E-state index is 0.0914. The highest BCUT2D eigenvalue weighted by Gasteiger charge is 2.24. The molecule has 19 heavy (non-hydrogen) atoms. The van der Waals surface area contributed by atoms with Crippen molar-refractivity contribution >= 4 is 23.2 Å². The molecule has 1 heterocycles. The van der Waals surface area contributed by atoms with Gasteiger partial charge >= 0.3 is 0 Å². The molecule has 2 rings (SSSR count). The molecule has 2 amide bonds. The molecule has 1 aromatic carbocycles. The van der Waals surface area contributed by atoms with E-state index in [2.05, 4.69) is 24.1 Å². The van der Waals surface area contributed by atoms with Gasteiger partial charge in [-0.05, 0) is 32.0 Å². The summed E-state index contributed by atoms with van der Waals surface area (Å²) in [6.45, 7) is 6.02. The van der Waals surface area contributed by atoms with Crippen LogP contribution in [0.5, 0.6) is 0 Å². The Morgan fingerprint density at radius 1 is 1.26 bits per heavy atom. The number of likely N-dealkylation sites (N-methyl/N-ethyl adjacent to an activating group) is 1. The smallest absolute Gasteiger partial charge is 0.256 e. The summed E-state index contributed by atoms with van der Waals surface area (Å²) in [5.74, 6) is -0.286. The van der Waals surface area contributed by atoms with Crippen molar-refractivity contribution in [3.63, 3.8) is 0 Å². The summed E-state index contributed by atoms with van der Waals surface area (Å²) in [7, 11) is 1.63. The number of rotatable bonds is 3. The van der Waals surface area contributed by atoms with Crippen molar-refractivity contribution in [1.82, 2.24) is 4.90 Å². The molecule has 1 aliphatic heterocycles. The fraction of sp³-hybridized carbons (Fsp3) is 0.429. The van der Waals surface area contributed by atoms with Crippen molar-refractivity contribution < 1.29 is 9.59 Å². The molecule has 0 fully saturated rings. The number of carbonyl (C=O) groups excluding carboxylic acids is 2. The zero-order chi connectivity index (χ0) is 14.0. The van der Waals surface area contributed by atoms with Crippen LogP contribution in [0.25, 0.3) is 0 Å². The Bertz CT molecular complexity index is 509. The van der Waals surface area contributed by atoms with Gasteiger partial charge in [-0.2, -0.15) is 0 Å². The number of benzene rings is 1. The first kappa shape index (κ1) is 13.4. The van der Waals surface area contributed by atoms with Gasteiger partial charge < -0.3 is 15.1 Å². The lowest BCUT2D eigenvalue weighted by molar-refractivity contribution is -0.116. The third-order valence-corrected chi connectivity index (χ3v) is 3.36. The number of hydrogen-bond donors (Lipinski definition) is 1. The summed E-state index contributed by atoms with van der Waals surface area (Å²) in [5.41, 5.74) is 2.16. The number of hydrogen-bond acceptors (Lipinski definition) is 3. The molecule has 0 radical (unpaired) electrons. The predicted molar refractivity (Wildman–Crippen MR) is 75.6 cm³/mol. The van der Waals surface area contributed by atoms with Crippen LogP contribution >= 0.6 is 0 Å². The monoisotopic (exact) mass is 261 g/mol. The summed E-state index contributed by atoms with van der Waals surface area (Å²) in [4.78, 5) is 27.4. The van der Waals surface area contributed by atoms with Crippen LogP contribution in [-0.4, -0.2) is 43.4 Å². The van der Waals surface area contributed by atoms with Crippen LogP contribution in [-0.2, 0) is 4.79 Å². The average Bonchev–Trinajstić information content (AvgIpc) is 2.48. The maximum atomic E-state index is 12.1. The van der Waals surface area contributed by atoms with E-state index in [1.165, 1.54) is 4.90 Å². The summed E-state index contributed by atoms with van der Waals surface area (Å²) < 4.78 is 0. The standard InChI is InChI=1S/C14H19N3O2/c1-4-17(5-2)10-6-7-11-12(8-10)15-13(18)9-16(3)14(11)19/h6-8H,4-5,9H2,1-3H3,(H,15,18). The number of nitrogens with one attached hydrogen (secondary N) is 1. The Balaban J connectivity index is 2.44. The van der Waals surface area contributed by atoms with E-state index in [1.807, 2.05) is 12.1 Å². The van der Waals surface area contributed by atoms with E-state index in [0.717, 1.165) is 18.8 Å². The molecule has 1 N–H and O–H groups in total. The number of nitrogens with zero attached hydrogens (tertiary/aromatic N) is 2. The summed E-state index contributed by atoms with van der Waals surface area (Å²) in [6.07, 6.45) is 0. The molecular weight excluding hydrogens is 242 g/mol. The van der Waals surface area contributed by atoms with Gasteiger partial charge in [-0.3, -0.25) is 9.59 Å². The predicted octanol–water partition coefficient (Wildman–Crippen LogP) is 1.56. The minimum Gasteiger partial charge on any atom is -0.372 e. The van der Waals surface area contributed by atoms with Crippen molar-refractivity contribution in [2.75, 3.05) is 36.9 Å². The van der Waals surface area contributed by atoms with Crippen molar-refractivity contribution in [2.45, 2.75) is 13.8 Å². The summed E-state index contributed by atoms with van der Waals surface area (Å²) in [5, 5.41) is 2.80. The first-order valence-corrected chi connectivity index (χ1v) is 6.51. The third kappa shape index (κ3) is 2.54. The fourth-order valence-corrected chi connectivity index (χ4v) is 2.29. The van der Waals surface area contributed by atoms with Gasteiger partial charge in [0, 0.05) is 25.8 Å². The number of fused-ring (bicyclic) bond motifs is 1. The molecule has 0 atom stereocenters. The van der Waals surface area contributed by atoms with Crippen molar-refractivity contribution in [2.24, 2.45) is 0 Å². The highest BCUT2D eigenvalue weighted by atomic mass is 16.2. The lowest BCUT2D eigenvalue weighted by Gasteiger charge is -2.22. The SMILES string of the molecule is CCN(CC)c1ccc2c(c1)NC(=O)CN(C)C2=O. The summed E-state index contributed by atoms with van der Waals surface area (Å²) >= 11 is 0. The lowest BCUT2D eigenvalue weighted by Crippen LogP contribution is -2.31. The average molecular weight is 261 g/mol. The van der Waals surface area contributed by atoms with Crippen LogP contribution in [0.4, 0.5) is 11.4 Å². The van der Waals surface area contributed by atoms with E-state index < -0.39 is 0 Å². The molecule has 5 nitrogen and oxygen atoms in total. The molecule has 0 saturated heterocycles. The molecule has 0 spiro atoms. The second-order valence-corrected chi connectivity index (χ2v) is 4.61. The molecule has 0 unspecified atom stereocenters. The molecule has 1 aromatic rings. The van der Waals surface area contributed by atoms with E-state index in [-0.39, 0.29) is 18.4 Å². The first-order chi connectivity index (χ1) is 9.06. The maximum Gasteiger partial charge on any atom is 0.256 e. The van der Waals surface area contributed by atoms with Gasteiger partial charge in [0.15, 0.2) is 0 Å². The van der Waals surface area contributed by atoms with Crippen LogP contribution in [0.3, 0.4) is 0 Å². The molecule has 0 saturated carbocycles. The maximum absolute atomic E-state index is 12.1. The van der Waals surface area contributed by atoms with Gasteiger partial charge in [-0.1, -0.05) is 0 Å². The Morgan fingerprint density at radius 2 is 1.95 bits per heavy atom. The second-order valence-electron chi connectivity index (χ2n) is 4.61. The van der Waals surface area contributed by atoms with Gasteiger partial charge in [0.2, 0.25) is 5.91 Å². The Morgan fingerprint density at radius 3 is 2.58 bits per heavy atom. The van der Waals surface area contributed by atoms with Crippen LogP contribution < -0.4 is 10.2 Å². The van der Waals surface area contributed by atoms with Crippen molar-refractivity contribution in [3.05, 3.63) is 23.8 Å². The van der Waals surface area contributed by atoms with E-state index in [0.29, 0.717) is 11.3 Å². The largest absolute Gasteiger partial charge is 0.372 e. The number of anilines is 2. The quantitative estimate of drug-likeness (QED) is 0.898. The number of carbonyl (C=O) groups is 2. The summed E-state index contributed by atoms with van der Waals surface area (Å²) in [6, 6.07) is 5.58. The molecule has 1 aliphatic rings. The molecule has 0 bridgehead atoms. The second kappa shape index (κ2) is 5.30.